The molecule has 1 fully saturated rings. The van der Waals surface area contributed by atoms with E-state index in [0.29, 0.717) is 32.8 Å². The minimum absolute atomic E-state index is 0.141. The number of aromatic nitrogens is 1. The standard InChI is InChI=1S/C16H19N3O2/c20-16(18-7-9-21-10-8-18)19-6-5-13-12-3-1-2-4-14(12)17-15(13)11-19/h1-4,17H,5-11H2. The molecule has 1 aromatic heterocycles. The molecule has 0 radical (unpaired) electrons. The number of aromatic amines is 1. The number of nitrogens with one attached hydrogen (secondary N) is 1. The molecular formula is C16H19N3O2. The molecule has 0 bridgehead atoms. The van der Waals surface area contributed by atoms with Gasteiger partial charge in [-0.3, -0.25) is 0 Å². The molecule has 21 heavy (non-hydrogen) atoms. The fourth-order valence-electron chi connectivity index (χ4n) is 3.31. The Morgan fingerprint density at radius 1 is 1.10 bits per heavy atom. The third-order valence-corrected chi connectivity index (χ3v) is 4.43. The van der Waals surface area contributed by atoms with Gasteiger partial charge in [-0.25, -0.2) is 4.79 Å². The van der Waals surface area contributed by atoms with Gasteiger partial charge in [0.1, 0.15) is 0 Å². The number of ether oxygens (including phenoxy) is 1. The lowest BCUT2D eigenvalue weighted by Crippen LogP contribution is -2.49. The molecule has 0 saturated carbocycles. The Morgan fingerprint density at radius 2 is 1.90 bits per heavy atom. The SMILES string of the molecule is O=C(N1CCOCC1)N1CCc2c([nH]c3ccccc23)C1. The minimum atomic E-state index is 0.141. The molecule has 2 aliphatic heterocycles. The second-order valence-electron chi connectivity index (χ2n) is 5.68. The lowest BCUT2D eigenvalue weighted by atomic mass is 10.0. The Kier molecular flexibility index (Phi) is 3.07. The highest BCUT2D eigenvalue weighted by Gasteiger charge is 2.27. The van der Waals surface area contributed by atoms with Gasteiger partial charge in [0.15, 0.2) is 0 Å². The van der Waals surface area contributed by atoms with Crippen LogP contribution in [0, 0.1) is 0 Å². The molecule has 110 valence electrons. The van der Waals surface area contributed by atoms with Crippen molar-refractivity contribution in [2.24, 2.45) is 0 Å². The second-order valence-corrected chi connectivity index (χ2v) is 5.68. The van der Waals surface area contributed by atoms with Crippen LogP contribution in [0.1, 0.15) is 11.3 Å². The van der Waals surface area contributed by atoms with E-state index in [0.717, 1.165) is 13.0 Å². The summed E-state index contributed by atoms with van der Waals surface area (Å²) in [5.41, 5.74) is 3.73. The van der Waals surface area contributed by atoms with E-state index in [-0.39, 0.29) is 6.03 Å². The van der Waals surface area contributed by atoms with Gasteiger partial charge in [-0.2, -0.15) is 0 Å². The van der Waals surface area contributed by atoms with Crippen molar-refractivity contribution in [1.29, 1.82) is 0 Å². The predicted octanol–water partition coefficient (Wildman–Crippen LogP) is 1.98. The number of amides is 2. The molecule has 2 aromatic rings. The zero-order chi connectivity index (χ0) is 14.2. The van der Waals surface area contributed by atoms with Crippen LogP contribution in [-0.2, 0) is 17.7 Å². The first-order valence-electron chi connectivity index (χ1n) is 7.53. The summed E-state index contributed by atoms with van der Waals surface area (Å²) in [5, 5.41) is 1.30. The summed E-state index contributed by atoms with van der Waals surface area (Å²) >= 11 is 0. The number of carbonyl (C=O) groups is 1. The zero-order valence-electron chi connectivity index (χ0n) is 12.0. The van der Waals surface area contributed by atoms with Gasteiger partial charge >= 0.3 is 6.03 Å². The first-order chi connectivity index (χ1) is 10.3. The zero-order valence-corrected chi connectivity index (χ0v) is 12.0. The lowest BCUT2D eigenvalue weighted by molar-refractivity contribution is 0.0421. The van der Waals surface area contributed by atoms with Crippen LogP contribution >= 0.6 is 0 Å². The Bertz CT molecular complexity index is 673. The monoisotopic (exact) mass is 285 g/mol. The molecule has 3 heterocycles. The van der Waals surface area contributed by atoms with Gasteiger partial charge in [-0.05, 0) is 18.1 Å². The number of carbonyl (C=O) groups excluding carboxylic acids is 1. The topological polar surface area (TPSA) is 48.6 Å². The Labute approximate surface area is 123 Å². The molecule has 2 aliphatic rings. The van der Waals surface area contributed by atoms with E-state index in [4.69, 9.17) is 4.74 Å². The third kappa shape index (κ3) is 2.17. The number of urea groups is 1. The van der Waals surface area contributed by atoms with E-state index >= 15 is 0 Å². The number of H-pyrrole nitrogens is 1. The number of nitrogens with zero attached hydrogens (tertiary/aromatic N) is 2. The van der Waals surface area contributed by atoms with Crippen molar-refractivity contribution in [3.05, 3.63) is 35.5 Å². The normalized spacial score (nSPS) is 18.9. The van der Waals surface area contributed by atoms with Gasteiger partial charge in [0, 0.05) is 36.2 Å². The van der Waals surface area contributed by atoms with Gasteiger partial charge in [0.05, 0.1) is 19.8 Å². The van der Waals surface area contributed by atoms with Gasteiger partial charge in [-0.1, -0.05) is 18.2 Å². The maximum Gasteiger partial charge on any atom is 0.320 e. The molecule has 4 rings (SSSR count). The van der Waals surface area contributed by atoms with E-state index in [9.17, 15) is 4.79 Å². The maximum atomic E-state index is 12.6. The smallest absolute Gasteiger partial charge is 0.320 e. The Hall–Kier alpha value is -2.01. The summed E-state index contributed by atoms with van der Waals surface area (Å²) < 4.78 is 5.31. The van der Waals surface area contributed by atoms with E-state index in [2.05, 4.69) is 23.2 Å². The molecule has 0 aliphatic carbocycles. The number of fused-ring (bicyclic) bond motifs is 3. The minimum Gasteiger partial charge on any atom is -0.378 e. The molecule has 1 aromatic carbocycles. The summed E-state index contributed by atoms with van der Waals surface area (Å²) in [7, 11) is 0. The summed E-state index contributed by atoms with van der Waals surface area (Å²) in [6, 6.07) is 8.51. The van der Waals surface area contributed by atoms with Crippen molar-refractivity contribution in [1.82, 2.24) is 14.8 Å². The van der Waals surface area contributed by atoms with Crippen LogP contribution in [-0.4, -0.2) is 53.7 Å². The van der Waals surface area contributed by atoms with Gasteiger partial charge in [0.25, 0.3) is 0 Å². The average Bonchev–Trinajstić information content (AvgIpc) is 2.92. The molecule has 1 saturated heterocycles. The maximum absolute atomic E-state index is 12.6. The number of hydrogen-bond acceptors (Lipinski definition) is 2. The number of rotatable bonds is 0. The Morgan fingerprint density at radius 3 is 2.76 bits per heavy atom. The summed E-state index contributed by atoms with van der Waals surface area (Å²) in [5.74, 6) is 0. The first-order valence-corrected chi connectivity index (χ1v) is 7.53. The van der Waals surface area contributed by atoms with Crippen molar-refractivity contribution in [2.45, 2.75) is 13.0 Å². The molecular weight excluding hydrogens is 266 g/mol. The molecule has 0 spiro atoms. The number of morpholine rings is 1. The highest BCUT2D eigenvalue weighted by molar-refractivity contribution is 5.85. The van der Waals surface area contributed by atoms with Crippen LogP contribution in [0.4, 0.5) is 4.79 Å². The number of hydrogen-bond donors (Lipinski definition) is 1. The van der Waals surface area contributed by atoms with Crippen LogP contribution in [0.5, 0.6) is 0 Å². The van der Waals surface area contributed by atoms with Crippen LogP contribution in [0.25, 0.3) is 10.9 Å². The van der Waals surface area contributed by atoms with Crippen molar-refractivity contribution < 1.29 is 9.53 Å². The predicted molar refractivity (Wildman–Crippen MR) is 80.2 cm³/mol. The molecule has 1 N–H and O–H groups in total. The number of benzene rings is 1. The Balaban J connectivity index is 1.57. The molecule has 0 unspecified atom stereocenters. The fourth-order valence-corrected chi connectivity index (χ4v) is 3.31. The third-order valence-electron chi connectivity index (χ3n) is 4.43. The molecule has 5 nitrogen and oxygen atoms in total. The molecule has 0 atom stereocenters. The van der Waals surface area contributed by atoms with Crippen molar-refractivity contribution >= 4 is 16.9 Å². The van der Waals surface area contributed by atoms with Crippen molar-refractivity contribution in [2.75, 3.05) is 32.8 Å². The van der Waals surface area contributed by atoms with Gasteiger partial charge < -0.3 is 19.5 Å². The lowest BCUT2D eigenvalue weighted by Gasteiger charge is -2.34. The largest absolute Gasteiger partial charge is 0.378 e. The number of para-hydroxylation sites is 1. The average molecular weight is 285 g/mol. The van der Waals surface area contributed by atoms with Crippen LogP contribution in [0.2, 0.25) is 0 Å². The van der Waals surface area contributed by atoms with Crippen LogP contribution < -0.4 is 0 Å². The van der Waals surface area contributed by atoms with Crippen molar-refractivity contribution in [3.63, 3.8) is 0 Å². The quantitative estimate of drug-likeness (QED) is 0.804. The highest BCUT2D eigenvalue weighted by Crippen LogP contribution is 2.27. The molecule has 5 heteroatoms. The summed E-state index contributed by atoms with van der Waals surface area (Å²) in [6.07, 6.45) is 0.926. The highest BCUT2D eigenvalue weighted by atomic mass is 16.5. The van der Waals surface area contributed by atoms with Crippen LogP contribution in [0.15, 0.2) is 24.3 Å². The van der Waals surface area contributed by atoms with Gasteiger partial charge in [0.2, 0.25) is 0 Å². The molecule has 2 amide bonds. The van der Waals surface area contributed by atoms with E-state index in [1.54, 1.807) is 0 Å². The second kappa shape index (κ2) is 5.07. The summed E-state index contributed by atoms with van der Waals surface area (Å²) in [4.78, 5) is 19.9. The van der Waals surface area contributed by atoms with Gasteiger partial charge in [-0.15, -0.1) is 0 Å². The van der Waals surface area contributed by atoms with E-state index in [1.807, 2.05) is 15.9 Å². The summed E-state index contributed by atoms with van der Waals surface area (Å²) in [6.45, 7) is 4.18. The van der Waals surface area contributed by atoms with Crippen molar-refractivity contribution in [3.8, 4) is 0 Å². The van der Waals surface area contributed by atoms with E-state index in [1.165, 1.54) is 22.2 Å². The van der Waals surface area contributed by atoms with E-state index < -0.39 is 0 Å². The fraction of sp³-hybridized carbons (Fsp3) is 0.438. The van der Waals surface area contributed by atoms with Crippen LogP contribution in [0.3, 0.4) is 0 Å². The first kappa shape index (κ1) is 12.7.